The van der Waals surface area contributed by atoms with Crippen LogP contribution in [-0.4, -0.2) is 29.4 Å². The van der Waals surface area contributed by atoms with Crippen LogP contribution in [0.3, 0.4) is 0 Å². The van der Waals surface area contributed by atoms with E-state index in [2.05, 4.69) is 10.6 Å². The van der Waals surface area contributed by atoms with Crippen molar-refractivity contribution >= 4 is 11.8 Å². The lowest BCUT2D eigenvalue weighted by Crippen LogP contribution is -2.54. The molecule has 1 atom stereocenters. The van der Waals surface area contributed by atoms with E-state index in [-0.39, 0.29) is 23.8 Å². The van der Waals surface area contributed by atoms with E-state index in [1.54, 1.807) is 6.92 Å². The SMILES string of the molecule is CC(C)(C)NC(=O)CCNC(=O)C(C)(N)C1CC1. The molecule has 1 saturated carbocycles. The molecule has 0 aromatic heterocycles. The van der Waals surface area contributed by atoms with E-state index in [1.807, 2.05) is 20.8 Å². The van der Waals surface area contributed by atoms with Crippen molar-refractivity contribution in [1.82, 2.24) is 10.6 Å². The summed E-state index contributed by atoms with van der Waals surface area (Å²) in [6, 6.07) is 0. The van der Waals surface area contributed by atoms with E-state index in [9.17, 15) is 9.59 Å². The van der Waals surface area contributed by atoms with Crippen molar-refractivity contribution in [1.29, 1.82) is 0 Å². The Hall–Kier alpha value is -1.10. The van der Waals surface area contributed by atoms with Crippen LogP contribution < -0.4 is 16.4 Å². The van der Waals surface area contributed by atoms with Crippen LogP contribution >= 0.6 is 0 Å². The van der Waals surface area contributed by atoms with E-state index in [0.29, 0.717) is 12.5 Å². The summed E-state index contributed by atoms with van der Waals surface area (Å²) in [7, 11) is 0. The molecule has 0 radical (unpaired) electrons. The zero-order valence-electron chi connectivity index (χ0n) is 11.8. The Morgan fingerprint density at radius 2 is 1.78 bits per heavy atom. The highest BCUT2D eigenvalue weighted by Gasteiger charge is 2.43. The van der Waals surface area contributed by atoms with Crippen LogP contribution in [0.15, 0.2) is 0 Å². The van der Waals surface area contributed by atoms with Gasteiger partial charge >= 0.3 is 0 Å². The zero-order chi connectivity index (χ0) is 14.0. The number of amides is 2. The van der Waals surface area contributed by atoms with Crippen molar-refractivity contribution in [3.8, 4) is 0 Å². The van der Waals surface area contributed by atoms with Gasteiger partial charge in [-0.15, -0.1) is 0 Å². The van der Waals surface area contributed by atoms with Gasteiger partial charge in [-0.25, -0.2) is 0 Å². The van der Waals surface area contributed by atoms with Crippen molar-refractivity contribution in [2.45, 2.75) is 58.0 Å². The smallest absolute Gasteiger partial charge is 0.240 e. The van der Waals surface area contributed by atoms with Gasteiger partial charge in [0.2, 0.25) is 11.8 Å². The number of hydrogen-bond donors (Lipinski definition) is 3. The van der Waals surface area contributed by atoms with Gasteiger partial charge in [0.05, 0.1) is 5.54 Å². The summed E-state index contributed by atoms with van der Waals surface area (Å²) >= 11 is 0. The monoisotopic (exact) mass is 255 g/mol. The lowest BCUT2D eigenvalue weighted by molar-refractivity contribution is -0.126. The summed E-state index contributed by atoms with van der Waals surface area (Å²) in [5.74, 6) is 0.0717. The van der Waals surface area contributed by atoms with Gasteiger partial charge in [0, 0.05) is 18.5 Å². The summed E-state index contributed by atoms with van der Waals surface area (Å²) in [6.07, 6.45) is 2.32. The first-order valence-electron chi connectivity index (χ1n) is 6.51. The van der Waals surface area contributed by atoms with E-state index in [4.69, 9.17) is 5.73 Å². The normalized spacial score (nSPS) is 18.9. The topological polar surface area (TPSA) is 84.2 Å². The van der Waals surface area contributed by atoms with E-state index in [0.717, 1.165) is 12.8 Å². The largest absolute Gasteiger partial charge is 0.354 e. The molecule has 0 spiro atoms. The molecule has 0 heterocycles. The molecule has 4 N–H and O–H groups in total. The molecule has 2 amide bonds. The molecule has 0 aromatic rings. The first-order valence-corrected chi connectivity index (χ1v) is 6.51. The molecule has 1 rings (SSSR count). The second-order valence-electron chi connectivity index (χ2n) is 6.36. The predicted molar refractivity (Wildman–Crippen MR) is 70.8 cm³/mol. The van der Waals surface area contributed by atoms with Crippen molar-refractivity contribution < 1.29 is 9.59 Å². The standard InChI is InChI=1S/C13H25N3O2/c1-12(2,3)16-10(17)7-8-15-11(18)13(4,14)9-5-6-9/h9H,5-8,14H2,1-4H3,(H,15,18)(H,16,17). The molecule has 1 aliphatic carbocycles. The summed E-state index contributed by atoms with van der Waals surface area (Å²) < 4.78 is 0. The van der Waals surface area contributed by atoms with E-state index < -0.39 is 5.54 Å². The number of nitrogens with two attached hydrogens (primary N) is 1. The zero-order valence-corrected chi connectivity index (χ0v) is 11.8. The fourth-order valence-electron chi connectivity index (χ4n) is 1.83. The maximum atomic E-state index is 11.8. The summed E-state index contributed by atoms with van der Waals surface area (Å²) in [5, 5.41) is 5.58. The molecule has 0 aromatic carbocycles. The Labute approximate surface area is 109 Å². The van der Waals surface area contributed by atoms with Gasteiger partial charge in [0.25, 0.3) is 0 Å². The molecule has 0 bridgehead atoms. The highest BCUT2D eigenvalue weighted by atomic mass is 16.2. The first kappa shape index (κ1) is 15.0. The van der Waals surface area contributed by atoms with Crippen molar-refractivity contribution in [3.05, 3.63) is 0 Å². The van der Waals surface area contributed by atoms with Crippen LogP contribution in [0, 0.1) is 5.92 Å². The number of hydrogen-bond acceptors (Lipinski definition) is 3. The molecule has 0 aliphatic heterocycles. The van der Waals surface area contributed by atoms with Crippen LogP contribution in [0.4, 0.5) is 0 Å². The van der Waals surface area contributed by atoms with Crippen molar-refractivity contribution in [3.63, 3.8) is 0 Å². The van der Waals surface area contributed by atoms with Gasteiger partial charge < -0.3 is 16.4 Å². The van der Waals surface area contributed by atoms with Crippen LogP contribution in [0.1, 0.15) is 47.0 Å². The van der Waals surface area contributed by atoms with Crippen LogP contribution in [0.25, 0.3) is 0 Å². The molecule has 5 heteroatoms. The predicted octanol–water partition coefficient (Wildman–Crippen LogP) is 0.535. The third kappa shape index (κ3) is 4.64. The minimum atomic E-state index is -0.791. The van der Waals surface area contributed by atoms with Crippen molar-refractivity contribution in [2.75, 3.05) is 6.54 Å². The Morgan fingerprint density at radius 1 is 1.22 bits per heavy atom. The highest BCUT2D eigenvalue weighted by Crippen LogP contribution is 2.38. The molecular formula is C13H25N3O2. The van der Waals surface area contributed by atoms with Gasteiger partial charge in [-0.2, -0.15) is 0 Å². The first-order chi connectivity index (χ1) is 8.13. The lowest BCUT2D eigenvalue weighted by atomic mass is 9.96. The Balaban J connectivity index is 2.25. The van der Waals surface area contributed by atoms with Gasteiger partial charge in [0.15, 0.2) is 0 Å². The van der Waals surface area contributed by atoms with Gasteiger partial charge in [-0.3, -0.25) is 9.59 Å². The molecule has 1 aliphatic rings. The molecular weight excluding hydrogens is 230 g/mol. The molecule has 5 nitrogen and oxygen atoms in total. The van der Waals surface area contributed by atoms with Crippen molar-refractivity contribution in [2.24, 2.45) is 11.7 Å². The average molecular weight is 255 g/mol. The average Bonchev–Trinajstić information content (AvgIpc) is 2.97. The van der Waals surface area contributed by atoms with Crippen LogP contribution in [0.5, 0.6) is 0 Å². The second-order valence-corrected chi connectivity index (χ2v) is 6.36. The van der Waals surface area contributed by atoms with E-state index in [1.165, 1.54) is 0 Å². The Kier molecular flexibility index (Phi) is 4.37. The molecule has 18 heavy (non-hydrogen) atoms. The Morgan fingerprint density at radius 3 is 2.22 bits per heavy atom. The maximum absolute atomic E-state index is 11.8. The third-order valence-electron chi connectivity index (χ3n) is 3.07. The van der Waals surface area contributed by atoms with Crippen LogP contribution in [-0.2, 0) is 9.59 Å². The quantitative estimate of drug-likeness (QED) is 0.670. The summed E-state index contributed by atoms with van der Waals surface area (Å²) in [6.45, 7) is 7.87. The van der Waals surface area contributed by atoms with Gasteiger partial charge in [0.1, 0.15) is 0 Å². The lowest BCUT2D eigenvalue weighted by Gasteiger charge is -2.24. The third-order valence-corrected chi connectivity index (χ3v) is 3.07. The fourth-order valence-corrected chi connectivity index (χ4v) is 1.83. The minimum absolute atomic E-state index is 0.0621. The minimum Gasteiger partial charge on any atom is -0.354 e. The van der Waals surface area contributed by atoms with E-state index >= 15 is 0 Å². The summed E-state index contributed by atoms with van der Waals surface area (Å²) in [4.78, 5) is 23.4. The molecule has 0 saturated heterocycles. The summed E-state index contributed by atoms with van der Waals surface area (Å²) in [5.41, 5.74) is 4.94. The number of nitrogens with one attached hydrogen (secondary N) is 2. The maximum Gasteiger partial charge on any atom is 0.240 e. The molecule has 104 valence electrons. The fraction of sp³-hybridized carbons (Fsp3) is 0.846. The van der Waals surface area contributed by atoms with Gasteiger partial charge in [-0.1, -0.05) is 0 Å². The molecule has 1 unspecified atom stereocenters. The number of carbonyl (C=O) groups is 2. The Bertz CT molecular complexity index is 328. The number of carbonyl (C=O) groups excluding carboxylic acids is 2. The second kappa shape index (κ2) is 5.26. The highest BCUT2D eigenvalue weighted by molar-refractivity contribution is 5.87. The number of rotatable bonds is 5. The van der Waals surface area contributed by atoms with Crippen LogP contribution in [0.2, 0.25) is 0 Å². The molecule has 1 fully saturated rings. The van der Waals surface area contributed by atoms with Gasteiger partial charge in [-0.05, 0) is 46.5 Å².